The summed E-state index contributed by atoms with van der Waals surface area (Å²) in [4.78, 5) is 0. The molecule has 6 heteroatoms. The molecule has 0 saturated heterocycles. The van der Waals surface area contributed by atoms with Gasteiger partial charge in [0.2, 0.25) is 0 Å². The molecule has 118 valence electrons. The van der Waals surface area contributed by atoms with Gasteiger partial charge in [0, 0.05) is 45.0 Å². The Morgan fingerprint density at radius 3 is 1.05 bits per heavy atom. The first kappa shape index (κ1) is 15.9. The molecule has 22 heavy (non-hydrogen) atoms. The van der Waals surface area contributed by atoms with Crippen LogP contribution in [0.4, 0.5) is 31.5 Å². The molecule has 4 nitrogen and oxygen atoms in total. The minimum atomic E-state index is -0.672. The molecule has 0 unspecified atom stereocenters. The maximum atomic E-state index is 14.7. The van der Waals surface area contributed by atoms with Gasteiger partial charge in [0.25, 0.3) is 0 Å². The lowest BCUT2D eigenvalue weighted by molar-refractivity contribution is 0.608. The first-order valence-electron chi connectivity index (χ1n) is 6.78. The van der Waals surface area contributed by atoms with E-state index >= 15 is 0 Å². The molecule has 0 aromatic heterocycles. The summed E-state index contributed by atoms with van der Waals surface area (Å²) in [6.45, 7) is 6.36. The molecule has 2 aromatic carbocycles. The van der Waals surface area contributed by atoms with Crippen LogP contribution < -0.4 is 22.9 Å². The molecule has 0 bridgehead atoms. The average molecular weight is 306 g/mol. The van der Waals surface area contributed by atoms with E-state index in [0.717, 1.165) is 0 Å². The average Bonchev–Trinajstić information content (AvgIpc) is 2.50. The number of hydrogen-bond donors (Lipinski definition) is 4. The van der Waals surface area contributed by atoms with Gasteiger partial charge in [-0.15, -0.1) is 0 Å². The molecule has 0 aliphatic carbocycles. The number of hydrogen-bond acceptors (Lipinski definition) is 4. The molecule has 2 rings (SSSR count). The van der Waals surface area contributed by atoms with Crippen LogP contribution in [0.15, 0.2) is 0 Å². The molecular weight excluding hydrogens is 286 g/mol. The summed E-state index contributed by atoms with van der Waals surface area (Å²) in [7, 11) is 0. The monoisotopic (exact) mass is 306 g/mol. The van der Waals surface area contributed by atoms with Crippen LogP contribution in [0.25, 0.3) is 11.1 Å². The number of rotatable bonds is 1. The van der Waals surface area contributed by atoms with Gasteiger partial charge < -0.3 is 22.9 Å². The summed E-state index contributed by atoms with van der Waals surface area (Å²) in [6, 6.07) is 0. The molecule has 0 saturated carbocycles. The number of benzene rings is 2. The van der Waals surface area contributed by atoms with Crippen molar-refractivity contribution in [1.29, 1.82) is 0 Å². The minimum absolute atomic E-state index is 0.0644. The van der Waals surface area contributed by atoms with Gasteiger partial charge in [0.15, 0.2) is 0 Å². The highest BCUT2D eigenvalue weighted by molar-refractivity contribution is 5.93. The van der Waals surface area contributed by atoms with Crippen LogP contribution in [0.1, 0.15) is 22.3 Å². The van der Waals surface area contributed by atoms with Gasteiger partial charge in [0.1, 0.15) is 11.6 Å². The predicted molar refractivity (Wildman–Crippen MR) is 88.4 cm³/mol. The Balaban J connectivity index is 3.03. The normalized spacial score (nSPS) is 11.0. The van der Waals surface area contributed by atoms with Gasteiger partial charge in [0.05, 0.1) is 0 Å². The molecule has 0 amide bonds. The lowest BCUT2D eigenvalue weighted by Gasteiger charge is -2.20. The van der Waals surface area contributed by atoms with E-state index in [9.17, 15) is 8.78 Å². The number of halogens is 2. The second-order valence-electron chi connectivity index (χ2n) is 5.53. The fraction of sp³-hybridized carbons (Fsp3) is 0.250. The van der Waals surface area contributed by atoms with Crippen molar-refractivity contribution in [2.24, 2.45) is 0 Å². The molecule has 8 N–H and O–H groups in total. The van der Waals surface area contributed by atoms with E-state index in [1.807, 2.05) is 0 Å². The Morgan fingerprint density at radius 1 is 0.500 bits per heavy atom. The smallest absolute Gasteiger partial charge is 0.138 e. The summed E-state index contributed by atoms with van der Waals surface area (Å²) in [5.41, 5.74) is 25.6. The van der Waals surface area contributed by atoms with Crippen LogP contribution in [-0.4, -0.2) is 0 Å². The van der Waals surface area contributed by atoms with Crippen molar-refractivity contribution in [3.63, 3.8) is 0 Å². The third-order valence-corrected chi connectivity index (χ3v) is 4.31. The van der Waals surface area contributed by atoms with Gasteiger partial charge in [-0.2, -0.15) is 0 Å². The molecule has 0 atom stereocenters. The van der Waals surface area contributed by atoms with Gasteiger partial charge >= 0.3 is 0 Å². The molecule has 0 aliphatic rings. The molecule has 0 radical (unpaired) electrons. The maximum absolute atomic E-state index is 14.7. The van der Waals surface area contributed by atoms with Crippen LogP contribution in [0.2, 0.25) is 0 Å². The second-order valence-corrected chi connectivity index (χ2v) is 5.53. The van der Waals surface area contributed by atoms with Crippen molar-refractivity contribution >= 4 is 22.7 Å². The highest BCUT2D eigenvalue weighted by atomic mass is 19.1. The standard InChI is InChI=1S/C16H20F2N4/c1-5-11(17)9(15(21)7(3)13(5)19)10-12(18)6(2)14(20)8(4)16(10)22/h19-22H2,1-4H3. The zero-order valence-electron chi connectivity index (χ0n) is 13.1. The van der Waals surface area contributed by atoms with Crippen molar-refractivity contribution in [3.8, 4) is 11.1 Å². The predicted octanol–water partition coefficient (Wildman–Crippen LogP) is 3.19. The van der Waals surface area contributed by atoms with Crippen LogP contribution in [0.5, 0.6) is 0 Å². The van der Waals surface area contributed by atoms with E-state index in [1.165, 1.54) is 13.8 Å². The van der Waals surface area contributed by atoms with Crippen LogP contribution >= 0.6 is 0 Å². The summed E-state index contributed by atoms with van der Waals surface area (Å²) < 4.78 is 29.4. The Kier molecular flexibility index (Phi) is 3.64. The fourth-order valence-corrected chi connectivity index (χ4v) is 2.56. The largest absolute Gasteiger partial charge is 0.398 e. The van der Waals surface area contributed by atoms with Gasteiger partial charge in [-0.3, -0.25) is 0 Å². The first-order chi connectivity index (χ1) is 10.1. The Labute approximate surface area is 128 Å². The van der Waals surface area contributed by atoms with Crippen molar-refractivity contribution in [2.75, 3.05) is 22.9 Å². The Hall–Kier alpha value is -2.50. The van der Waals surface area contributed by atoms with Gasteiger partial charge in [-0.05, 0) is 38.8 Å². The first-order valence-corrected chi connectivity index (χ1v) is 6.78. The zero-order valence-corrected chi connectivity index (χ0v) is 13.1. The third kappa shape index (κ3) is 1.94. The number of anilines is 4. The van der Waals surface area contributed by atoms with E-state index in [0.29, 0.717) is 11.1 Å². The molecule has 0 heterocycles. The van der Waals surface area contributed by atoms with Gasteiger partial charge in [-0.25, -0.2) is 8.78 Å². The van der Waals surface area contributed by atoms with Crippen LogP contribution in [0, 0.1) is 39.3 Å². The minimum Gasteiger partial charge on any atom is -0.398 e. The summed E-state index contributed by atoms with van der Waals surface area (Å²) in [5.74, 6) is -1.34. The summed E-state index contributed by atoms with van der Waals surface area (Å²) >= 11 is 0. The van der Waals surface area contributed by atoms with Gasteiger partial charge in [-0.1, -0.05) is 0 Å². The van der Waals surface area contributed by atoms with E-state index < -0.39 is 11.6 Å². The quantitative estimate of drug-likeness (QED) is 0.607. The highest BCUT2D eigenvalue weighted by Gasteiger charge is 2.25. The second kappa shape index (κ2) is 5.05. The van der Waals surface area contributed by atoms with E-state index in [-0.39, 0.29) is 45.0 Å². The molecule has 0 aliphatic heterocycles. The summed E-state index contributed by atoms with van der Waals surface area (Å²) in [6.07, 6.45) is 0. The zero-order chi connectivity index (χ0) is 16.9. The highest BCUT2D eigenvalue weighted by Crippen LogP contribution is 2.44. The lowest BCUT2D eigenvalue weighted by atomic mass is 9.90. The third-order valence-electron chi connectivity index (χ3n) is 4.31. The molecule has 2 aromatic rings. The van der Waals surface area contributed by atoms with Crippen LogP contribution in [0.3, 0.4) is 0 Å². The Bertz CT molecular complexity index is 672. The van der Waals surface area contributed by atoms with Crippen molar-refractivity contribution in [3.05, 3.63) is 33.9 Å². The topological polar surface area (TPSA) is 104 Å². The summed E-state index contributed by atoms with van der Waals surface area (Å²) in [5, 5.41) is 0. The molecule has 0 spiro atoms. The SMILES string of the molecule is Cc1c(N)c(C)c(F)c(-c2c(N)c(C)c(N)c(C)c2F)c1N. The maximum Gasteiger partial charge on any atom is 0.138 e. The van der Waals surface area contributed by atoms with E-state index in [4.69, 9.17) is 22.9 Å². The van der Waals surface area contributed by atoms with E-state index in [2.05, 4.69) is 0 Å². The van der Waals surface area contributed by atoms with Crippen LogP contribution in [-0.2, 0) is 0 Å². The Morgan fingerprint density at radius 2 is 0.773 bits per heavy atom. The number of nitrogens with two attached hydrogens (primary N) is 4. The van der Waals surface area contributed by atoms with E-state index in [1.54, 1.807) is 13.8 Å². The molecular formula is C16H20F2N4. The number of nitrogen functional groups attached to an aromatic ring is 4. The fourth-order valence-electron chi connectivity index (χ4n) is 2.56. The van der Waals surface area contributed by atoms with Crippen molar-refractivity contribution < 1.29 is 8.78 Å². The lowest BCUT2D eigenvalue weighted by Crippen LogP contribution is -2.10. The van der Waals surface area contributed by atoms with Crippen molar-refractivity contribution in [1.82, 2.24) is 0 Å². The molecule has 0 fully saturated rings. The van der Waals surface area contributed by atoms with Crippen molar-refractivity contribution in [2.45, 2.75) is 27.7 Å².